The summed E-state index contributed by atoms with van der Waals surface area (Å²) in [6.07, 6.45) is 4.42. The molecule has 0 aromatic carbocycles. The Labute approximate surface area is 154 Å². The van der Waals surface area contributed by atoms with E-state index in [0.717, 1.165) is 19.3 Å². The van der Waals surface area contributed by atoms with Crippen LogP contribution in [0.1, 0.15) is 39.0 Å². The number of carbonyl (C=O) groups is 1. The topological polar surface area (TPSA) is 87.8 Å². The number of carbonyl (C=O) groups excluding carboxylic acids is 1. The van der Waals surface area contributed by atoms with Gasteiger partial charge in [0.2, 0.25) is 5.91 Å². The maximum atomic E-state index is 12.6. The summed E-state index contributed by atoms with van der Waals surface area (Å²) in [6, 6.07) is 4.11. The third-order valence-electron chi connectivity index (χ3n) is 4.58. The molecule has 0 spiro atoms. The molecule has 3 rings (SSSR count). The van der Waals surface area contributed by atoms with Crippen molar-refractivity contribution in [3.63, 3.8) is 0 Å². The third kappa shape index (κ3) is 3.58. The molecular weight excluding hydrogens is 356 g/mol. The molecule has 0 bridgehead atoms. The summed E-state index contributed by atoms with van der Waals surface area (Å²) in [7, 11) is 1.67. The van der Waals surface area contributed by atoms with Gasteiger partial charge in [-0.1, -0.05) is 31.0 Å². The number of hydrogen-bond donors (Lipinski definition) is 1. The van der Waals surface area contributed by atoms with E-state index in [9.17, 15) is 14.9 Å². The average molecular weight is 377 g/mol. The first kappa shape index (κ1) is 18.0. The minimum atomic E-state index is -0.749. The van der Waals surface area contributed by atoms with Crippen LogP contribution in [0, 0.1) is 11.3 Å². The largest absolute Gasteiger partial charge is 0.337 e. The van der Waals surface area contributed by atoms with Crippen molar-refractivity contribution in [2.75, 3.05) is 0 Å². The van der Waals surface area contributed by atoms with Crippen LogP contribution >= 0.6 is 23.1 Å². The Morgan fingerprint density at radius 2 is 2.20 bits per heavy atom. The maximum absolute atomic E-state index is 12.6. The zero-order valence-corrected chi connectivity index (χ0v) is 15.9. The highest BCUT2D eigenvalue weighted by Gasteiger charge is 2.35. The Hall–Kier alpha value is -1.85. The lowest BCUT2D eigenvalue weighted by atomic mass is 9.83. The van der Waals surface area contributed by atoms with E-state index in [2.05, 4.69) is 16.4 Å². The summed E-state index contributed by atoms with van der Waals surface area (Å²) in [4.78, 5) is 29.4. The SMILES string of the molecule is CC(Sc1nc2ccsc2c(=O)n1C)C(=O)NC1(C#N)CCCCC1. The van der Waals surface area contributed by atoms with Crippen LogP contribution in [0.15, 0.2) is 21.4 Å². The lowest BCUT2D eigenvalue weighted by Crippen LogP contribution is -2.51. The van der Waals surface area contributed by atoms with Crippen LogP contribution < -0.4 is 10.9 Å². The van der Waals surface area contributed by atoms with Crippen LogP contribution in [-0.4, -0.2) is 26.2 Å². The average Bonchev–Trinajstić information content (AvgIpc) is 3.08. The third-order valence-corrected chi connectivity index (χ3v) is 6.62. The number of fused-ring (bicyclic) bond motifs is 1. The Morgan fingerprint density at radius 3 is 2.88 bits per heavy atom. The maximum Gasteiger partial charge on any atom is 0.271 e. The van der Waals surface area contributed by atoms with Crippen molar-refractivity contribution in [1.29, 1.82) is 5.26 Å². The van der Waals surface area contributed by atoms with E-state index in [1.807, 2.05) is 11.4 Å². The van der Waals surface area contributed by atoms with E-state index < -0.39 is 10.8 Å². The van der Waals surface area contributed by atoms with Crippen LogP contribution in [0.2, 0.25) is 0 Å². The van der Waals surface area contributed by atoms with E-state index in [1.165, 1.54) is 27.7 Å². The molecule has 1 aliphatic rings. The highest BCUT2D eigenvalue weighted by atomic mass is 32.2. The highest BCUT2D eigenvalue weighted by molar-refractivity contribution is 8.00. The van der Waals surface area contributed by atoms with E-state index in [-0.39, 0.29) is 11.5 Å². The lowest BCUT2D eigenvalue weighted by molar-refractivity contribution is -0.121. The molecule has 8 heteroatoms. The number of nitrogens with zero attached hydrogens (tertiary/aromatic N) is 3. The molecule has 6 nitrogen and oxygen atoms in total. The molecular formula is C17H20N4O2S2. The van der Waals surface area contributed by atoms with Gasteiger partial charge in [-0.3, -0.25) is 14.2 Å². The van der Waals surface area contributed by atoms with E-state index >= 15 is 0 Å². The van der Waals surface area contributed by atoms with Crippen molar-refractivity contribution in [2.24, 2.45) is 7.05 Å². The summed E-state index contributed by atoms with van der Waals surface area (Å²) in [5.74, 6) is -0.187. The fourth-order valence-electron chi connectivity index (χ4n) is 3.04. The number of thiophene rings is 1. The Kier molecular flexibility index (Phi) is 5.16. The van der Waals surface area contributed by atoms with Gasteiger partial charge >= 0.3 is 0 Å². The van der Waals surface area contributed by atoms with Crippen molar-refractivity contribution < 1.29 is 4.79 Å². The molecule has 1 atom stereocenters. The first-order valence-corrected chi connectivity index (χ1v) is 10.1. The van der Waals surface area contributed by atoms with Crippen molar-refractivity contribution >= 4 is 39.2 Å². The van der Waals surface area contributed by atoms with Gasteiger partial charge in [0.25, 0.3) is 5.56 Å². The number of thioether (sulfide) groups is 1. The Balaban J connectivity index is 1.77. The van der Waals surface area contributed by atoms with Gasteiger partial charge in [-0.25, -0.2) is 4.98 Å². The van der Waals surface area contributed by atoms with Gasteiger partial charge in [0, 0.05) is 7.05 Å². The van der Waals surface area contributed by atoms with E-state index in [0.29, 0.717) is 28.2 Å². The molecule has 1 amide bonds. The van der Waals surface area contributed by atoms with Gasteiger partial charge in [0.05, 0.1) is 16.8 Å². The lowest BCUT2D eigenvalue weighted by Gasteiger charge is -2.32. The number of nitrogens with one attached hydrogen (secondary N) is 1. The zero-order chi connectivity index (χ0) is 18.0. The van der Waals surface area contributed by atoms with Crippen LogP contribution in [0.3, 0.4) is 0 Å². The molecule has 2 aromatic rings. The molecule has 1 aliphatic carbocycles. The minimum Gasteiger partial charge on any atom is -0.337 e. The first-order valence-electron chi connectivity index (χ1n) is 8.30. The highest BCUT2D eigenvalue weighted by Crippen LogP contribution is 2.29. The van der Waals surface area contributed by atoms with Crippen LogP contribution in [0.4, 0.5) is 0 Å². The molecule has 1 saturated carbocycles. The fourth-order valence-corrected chi connectivity index (χ4v) is 4.72. The zero-order valence-electron chi connectivity index (χ0n) is 14.2. The molecule has 0 aliphatic heterocycles. The van der Waals surface area contributed by atoms with Crippen molar-refractivity contribution in [3.8, 4) is 6.07 Å². The van der Waals surface area contributed by atoms with E-state index in [4.69, 9.17) is 0 Å². The molecule has 1 N–H and O–H groups in total. The number of nitriles is 1. The molecule has 25 heavy (non-hydrogen) atoms. The smallest absolute Gasteiger partial charge is 0.271 e. The van der Waals surface area contributed by atoms with E-state index in [1.54, 1.807) is 14.0 Å². The summed E-state index contributed by atoms with van der Waals surface area (Å²) in [5.41, 5.74) is -0.194. The summed E-state index contributed by atoms with van der Waals surface area (Å²) >= 11 is 2.61. The van der Waals surface area contributed by atoms with Gasteiger partial charge in [0.1, 0.15) is 10.2 Å². The molecule has 0 radical (unpaired) electrons. The second-order valence-corrected chi connectivity index (χ2v) is 8.62. The number of hydrogen-bond acceptors (Lipinski definition) is 6. The minimum absolute atomic E-state index is 0.101. The van der Waals surface area contributed by atoms with Crippen LogP contribution in [0.25, 0.3) is 10.2 Å². The first-order chi connectivity index (χ1) is 12.0. The van der Waals surface area contributed by atoms with Gasteiger partial charge in [-0.2, -0.15) is 5.26 Å². The van der Waals surface area contributed by atoms with Crippen LogP contribution in [-0.2, 0) is 11.8 Å². The number of aromatic nitrogens is 2. The molecule has 1 fully saturated rings. The molecule has 1 unspecified atom stereocenters. The second kappa shape index (κ2) is 7.18. The van der Waals surface area contributed by atoms with Crippen molar-refractivity contribution in [1.82, 2.24) is 14.9 Å². The quantitative estimate of drug-likeness (QED) is 0.655. The summed E-state index contributed by atoms with van der Waals surface area (Å²) < 4.78 is 2.10. The number of rotatable bonds is 4. The van der Waals surface area contributed by atoms with Gasteiger partial charge in [-0.15, -0.1) is 11.3 Å². The predicted molar refractivity (Wildman–Crippen MR) is 99.8 cm³/mol. The monoisotopic (exact) mass is 376 g/mol. The Bertz CT molecular complexity index is 890. The standard InChI is InChI=1S/C17H20N4O2S2/c1-11(14(22)20-17(10-18)7-4-3-5-8-17)25-16-19-12-6-9-24-13(12)15(23)21(16)2/h6,9,11H,3-5,7-8H2,1-2H3,(H,20,22). The van der Waals surface area contributed by atoms with Gasteiger partial charge in [0.15, 0.2) is 5.16 Å². The Morgan fingerprint density at radius 1 is 1.48 bits per heavy atom. The molecule has 0 saturated heterocycles. The molecule has 2 heterocycles. The summed E-state index contributed by atoms with van der Waals surface area (Å²) in [5, 5.41) is 14.3. The van der Waals surface area contributed by atoms with Crippen molar-refractivity contribution in [3.05, 3.63) is 21.8 Å². The van der Waals surface area contributed by atoms with Gasteiger partial charge < -0.3 is 5.32 Å². The van der Waals surface area contributed by atoms with Crippen molar-refractivity contribution in [2.45, 2.75) is 55.0 Å². The summed E-state index contributed by atoms with van der Waals surface area (Å²) in [6.45, 7) is 1.78. The number of amides is 1. The van der Waals surface area contributed by atoms with Gasteiger partial charge in [-0.05, 0) is 31.2 Å². The predicted octanol–water partition coefficient (Wildman–Crippen LogP) is 2.82. The van der Waals surface area contributed by atoms with Crippen LogP contribution in [0.5, 0.6) is 0 Å². The normalized spacial score (nSPS) is 17.8. The second-order valence-electron chi connectivity index (χ2n) is 6.40. The fraction of sp³-hybridized carbons (Fsp3) is 0.529. The molecule has 132 valence electrons. The molecule has 2 aromatic heterocycles.